The molecule has 0 aromatic heterocycles. The Morgan fingerprint density at radius 3 is 1.43 bits per heavy atom. The van der Waals surface area contributed by atoms with Crippen LogP contribution in [-0.2, 0) is 19.2 Å². The van der Waals surface area contributed by atoms with Gasteiger partial charge in [0.15, 0.2) is 0 Å². The fourth-order valence-corrected chi connectivity index (χ4v) is 16.9. The van der Waals surface area contributed by atoms with Gasteiger partial charge >= 0.3 is 23.9 Å². The fourth-order valence-electron chi connectivity index (χ4n) is 16.9. The van der Waals surface area contributed by atoms with Crippen molar-refractivity contribution in [3.05, 3.63) is 156 Å². The first-order chi connectivity index (χ1) is 40.5. The Kier molecular flexibility index (Phi) is 25.2. The minimum atomic E-state index is -1.12. The summed E-state index contributed by atoms with van der Waals surface area (Å²) in [4.78, 5) is 42.1. The normalized spacial score (nSPS) is 41.0. The molecule has 480 valence electrons. The smallest absolute Gasteiger partial charge is 0.328 e. The summed E-state index contributed by atoms with van der Waals surface area (Å²) in [6.45, 7) is 24.6. The van der Waals surface area contributed by atoms with E-state index in [4.69, 9.17) is 20.4 Å². The highest BCUT2D eigenvalue weighted by molar-refractivity contribution is 5.81. The minimum absolute atomic E-state index is 0.0422. The number of aliphatic hydroxyl groups excluding tert-OH is 3. The van der Waals surface area contributed by atoms with Crippen LogP contribution < -0.4 is 0 Å². The molecule has 4 saturated carbocycles. The standard InChI is InChI=1S/3C18H26O4.C18H24O3/c1-11-8-12(2)17-13(9-11)15(19)10-18(3,22)14(17)6-4-5-7-16(20)21;2*1-11-8-12(2)17-14(9-11)15(19)10-13(3)18(17,22)7-5-4-6-16(20)21;1-12-8-9-14-11-18(3,21)10-13(2)17(14)15(12)6-4-5-7-16(19)20/h4-7,10-14,17,19,22H,8-9H2,1-3H3,(H,20,21);2*4-7,10-12,14-15,17,19,22H,8-9H2,1-3H3,(H,20,21);4-9,13-14,17,21H,10-11H2,1-3H3,(H,19,20)/b4*6-4+,7-5+/t11-,12+,13+,14+,17-,18+;11-,12+,14+,15+,17-,18+;11-,12+,14+,15-,17-,18+;13-,14+,17+,18-/m0001/s1. The monoisotopic (exact) mass is 1210 g/mol. The maximum absolute atomic E-state index is 11.2. The Bertz CT molecular complexity index is 2750. The highest BCUT2D eigenvalue weighted by Crippen LogP contribution is 2.54. The van der Waals surface area contributed by atoms with Gasteiger partial charge in [-0.05, 0) is 198 Å². The van der Waals surface area contributed by atoms with E-state index < -0.39 is 58.5 Å². The number of aliphatic carboxylic acids is 4. The molecule has 0 amide bonds. The van der Waals surface area contributed by atoms with Crippen molar-refractivity contribution >= 4 is 23.9 Å². The number of carboxylic acid groups (broad SMARTS) is 4. The summed E-state index contributed by atoms with van der Waals surface area (Å²) in [5.41, 5.74) is 0.0240. The molecule has 87 heavy (non-hydrogen) atoms. The van der Waals surface area contributed by atoms with Gasteiger partial charge in [-0.2, -0.15) is 0 Å². The first-order valence-corrected chi connectivity index (χ1v) is 31.3. The van der Waals surface area contributed by atoms with Gasteiger partial charge in [-0.1, -0.05) is 134 Å². The number of carbonyl (C=O) groups is 4. The first-order valence-electron chi connectivity index (χ1n) is 31.3. The summed E-state index contributed by atoms with van der Waals surface area (Å²) >= 11 is 0. The van der Waals surface area contributed by atoms with E-state index in [0.29, 0.717) is 59.0 Å². The summed E-state index contributed by atoms with van der Waals surface area (Å²) in [7, 11) is 0. The molecule has 0 aromatic carbocycles. The number of hydrogen-bond donors (Lipinski definition) is 11. The van der Waals surface area contributed by atoms with Crippen LogP contribution in [0.4, 0.5) is 0 Å². The van der Waals surface area contributed by atoms with E-state index in [1.807, 2.05) is 32.9 Å². The van der Waals surface area contributed by atoms with E-state index in [2.05, 4.69) is 67.5 Å². The molecule has 0 unspecified atom stereocenters. The van der Waals surface area contributed by atoms with Gasteiger partial charge < -0.3 is 56.2 Å². The quantitative estimate of drug-likeness (QED) is 0.0492. The molecular formula is C72H102O15. The number of aliphatic hydroxyl groups is 7. The van der Waals surface area contributed by atoms with Crippen molar-refractivity contribution in [3.63, 3.8) is 0 Å². The molecule has 22 atom stereocenters. The van der Waals surface area contributed by atoms with Crippen LogP contribution in [0.5, 0.6) is 0 Å². The predicted molar refractivity (Wildman–Crippen MR) is 339 cm³/mol. The van der Waals surface area contributed by atoms with E-state index in [1.54, 1.807) is 67.7 Å². The molecule has 0 aromatic rings. The summed E-state index contributed by atoms with van der Waals surface area (Å²) in [5, 5.41) is 109. The van der Waals surface area contributed by atoms with Gasteiger partial charge in [-0.3, -0.25) is 0 Å². The van der Waals surface area contributed by atoms with E-state index in [-0.39, 0.29) is 41.4 Å². The number of hydrogen-bond acceptors (Lipinski definition) is 11. The molecule has 8 aliphatic rings. The first kappa shape index (κ1) is 71.8. The van der Waals surface area contributed by atoms with Crippen LogP contribution in [0.25, 0.3) is 0 Å². The molecule has 0 radical (unpaired) electrons. The van der Waals surface area contributed by atoms with Gasteiger partial charge in [0.25, 0.3) is 0 Å². The third-order valence-electron chi connectivity index (χ3n) is 20.1. The van der Waals surface area contributed by atoms with Crippen LogP contribution in [0.3, 0.4) is 0 Å². The van der Waals surface area contributed by atoms with Crippen LogP contribution >= 0.6 is 0 Å². The maximum Gasteiger partial charge on any atom is 0.328 e. The van der Waals surface area contributed by atoms with Crippen molar-refractivity contribution in [2.45, 2.75) is 169 Å². The van der Waals surface area contributed by atoms with Crippen LogP contribution in [0.15, 0.2) is 156 Å². The summed E-state index contributed by atoms with van der Waals surface area (Å²) < 4.78 is 0. The molecule has 0 saturated heterocycles. The third-order valence-corrected chi connectivity index (χ3v) is 20.1. The lowest BCUT2D eigenvalue weighted by molar-refractivity contribution is -0.132. The number of rotatable bonds is 12. The highest BCUT2D eigenvalue weighted by atomic mass is 16.4. The molecule has 0 aliphatic heterocycles. The molecule has 11 N–H and O–H groups in total. The van der Waals surface area contributed by atoms with Gasteiger partial charge in [-0.25, -0.2) is 19.2 Å². The average molecular weight is 1210 g/mol. The van der Waals surface area contributed by atoms with Gasteiger partial charge in [0.05, 0.1) is 29.2 Å². The largest absolute Gasteiger partial charge is 0.512 e. The fraction of sp³-hybridized carbons (Fsp3) is 0.583. The predicted octanol–water partition coefficient (Wildman–Crippen LogP) is 11.9. The molecular weight excluding hydrogens is 1100 g/mol. The maximum atomic E-state index is 11.2. The van der Waals surface area contributed by atoms with Crippen molar-refractivity contribution in [3.8, 4) is 0 Å². The second kappa shape index (κ2) is 30.5. The van der Waals surface area contributed by atoms with Crippen LogP contribution in [0, 0.1) is 94.7 Å². The van der Waals surface area contributed by atoms with Crippen molar-refractivity contribution in [2.75, 3.05) is 0 Å². The van der Waals surface area contributed by atoms with E-state index in [1.165, 1.54) is 29.4 Å². The summed E-state index contributed by atoms with van der Waals surface area (Å²) in [6.07, 6.45) is 39.9. The molecule has 8 aliphatic carbocycles. The second-order valence-electron chi connectivity index (χ2n) is 27.7. The van der Waals surface area contributed by atoms with Crippen molar-refractivity contribution in [1.29, 1.82) is 0 Å². The number of fused-ring (bicyclic) bond motifs is 4. The lowest BCUT2D eigenvalue weighted by Gasteiger charge is -2.51. The topological polar surface area (TPSA) is 291 Å². The van der Waals surface area contributed by atoms with Crippen LogP contribution in [0.2, 0.25) is 0 Å². The van der Waals surface area contributed by atoms with Gasteiger partial charge in [0, 0.05) is 48.0 Å². The Balaban J connectivity index is 0.000000212. The van der Waals surface area contributed by atoms with E-state index in [0.717, 1.165) is 86.8 Å². The highest BCUT2D eigenvalue weighted by Gasteiger charge is 2.54. The molecule has 15 heteroatoms. The van der Waals surface area contributed by atoms with Gasteiger partial charge in [-0.15, -0.1) is 0 Å². The van der Waals surface area contributed by atoms with E-state index in [9.17, 15) is 54.9 Å². The molecule has 8 rings (SSSR count). The Hall–Kier alpha value is -5.94. The zero-order valence-corrected chi connectivity index (χ0v) is 53.2. The lowest BCUT2D eigenvalue weighted by atomic mass is 9.56. The van der Waals surface area contributed by atoms with Crippen LogP contribution in [-0.4, -0.2) is 115 Å². The number of carboxylic acids is 4. The summed E-state index contributed by atoms with van der Waals surface area (Å²) in [5.74, 6) is 0.271. The van der Waals surface area contributed by atoms with Gasteiger partial charge in [0.2, 0.25) is 0 Å². The number of allylic oxidation sites excluding steroid dienone is 14. The zero-order valence-electron chi connectivity index (χ0n) is 53.2. The SMILES string of the molecule is CC1=C(/C=C/C=C/C(=O)O)[C@H]2[C@H](C)C[C@@](C)(O)C[C@@H]2C=C1.CC1=C[C@@H](O)[C@H]2C[C@@H](C)C[C@@H](C)[C@@H]2[C@@]1(O)/C=C/C=C/C(=O)O.CC1=C[C@H](O)[C@H]2C[C@@H](C)C[C@@H](C)[C@@H]2[C@@]1(O)/C=C/C=C/C(=O)O.C[C@H]1C[C@@H](C)[C@H]2[C@H](C1)C(O)=C[C@@](C)(O)[C@@H]2/C=C/C=C/C(=O)O. The molecule has 15 nitrogen and oxygen atoms in total. The minimum Gasteiger partial charge on any atom is -0.512 e. The molecule has 0 heterocycles. The van der Waals surface area contributed by atoms with Crippen LogP contribution in [0.1, 0.15) is 134 Å². The lowest BCUT2D eigenvalue weighted by Crippen LogP contribution is -2.53. The van der Waals surface area contributed by atoms with E-state index >= 15 is 0 Å². The van der Waals surface area contributed by atoms with Gasteiger partial charge in [0.1, 0.15) is 11.2 Å². The molecule has 4 fully saturated rings. The summed E-state index contributed by atoms with van der Waals surface area (Å²) in [6, 6.07) is 0. The Morgan fingerprint density at radius 2 is 0.966 bits per heavy atom. The van der Waals surface area contributed by atoms with Crippen molar-refractivity contribution < 1.29 is 75.3 Å². The van der Waals surface area contributed by atoms with Crippen molar-refractivity contribution in [1.82, 2.24) is 0 Å². The zero-order chi connectivity index (χ0) is 65.1. The van der Waals surface area contributed by atoms with Crippen molar-refractivity contribution in [2.24, 2.45) is 94.7 Å². The molecule has 0 bridgehead atoms. The Labute approximate surface area is 516 Å². The average Bonchev–Trinajstić information content (AvgIpc) is 0.934. The second-order valence-corrected chi connectivity index (χ2v) is 27.7. The Morgan fingerprint density at radius 1 is 0.540 bits per heavy atom. The third kappa shape index (κ3) is 18.6. The molecule has 0 spiro atoms.